The van der Waals surface area contributed by atoms with Crippen LogP contribution in [0.25, 0.3) is 0 Å². The Balaban J connectivity index is 1.99. The summed E-state index contributed by atoms with van der Waals surface area (Å²) >= 11 is 5.92. The van der Waals surface area contributed by atoms with Crippen molar-refractivity contribution in [2.75, 3.05) is 11.9 Å². The van der Waals surface area contributed by atoms with Crippen LogP contribution in [0.15, 0.2) is 48.5 Å². The zero-order valence-electron chi connectivity index (χ0n) is 12.8. The predicted molar refractivity (Wildman–Crippen MR) is 90.8 cm³/mol. The molecule has 1 amide bonds. The summed E-state index contributed by atoms with van der Waals surface area (Å²) < 4.78 is 4.99. The Labute approximate surface area is 140 Å². The summed E-state index contributed by atoms with van der Waals surface area (Å²) in [6.07, 6.45) is 0.880. The fraction of sp³-hybridized carbons (Fsp3) is 0.222. The zero-order valence-corrected chi connectivity index (χ0v) is 13.6. The lowest BCUT2D eigenvalue weighted by atomic mass is 10.1. The molecule has 0 aliphatic carbocycles. The highest BCUT2D eigenvalue weighted by molar-refractivity contribution is 6.30. The summed E-state index contributed by atoms with van der Waals surface area (Å²) in [6.45, 7) is 2.03. The number of hydrogen-bond acceptors (Lipinski definition) is 3. The van der Waals surface area contributed by atoms with Gasteiger partial charge in [-0.25, -0.2) is 4.79 Å². The number of halogens is 1. The zero-order chi connectivity index (χ0) is 16.7. The Kier molecular flexibility index (Phi) is 6.18. The number of aryl methyl sites for hydroxylation is 1. The highest BCUT2D eigenvalue weighted by Crippen LogP contribution is 2.17. The minimum absolute atomic E-state index is 0.165. The summed E-state index contributed by atoms with van der Waals surface area (Å²) in [4.78, 5) is 24.0. The second-order valence-corrected chi connectivity index (χ2v) is 5.38. The van der Waals surface area contributed by atoms with E-state index in [1.165, 1.54) is 0 Å². The number of rotatable bonds is 6. The van der Waals surface area contributed by atoms with E-state index in [2.05, 4.69) is 5.32 Å². The highest BCUT2D eigenvalue weighted by Gasteiger charge is 2.13. The predicted octanol–water partition coefficient (Wildman–Crippen LogP) is 4.09. The van der Waals surface area contributed by atoms with Gasteiger partial charge in [-0.2, -0.15) is 0 Å². The number of amides is 1. The van der Waals surface area contributed by atoms with Crippen molar-refractivity contribution in [1.82, 2.24) is 0 Å². The lowest BCUT2D eigenvalue weighted by Crippen LogP contribution is -2.16. The fourth-order valence-electron chi connectivity index (χ4n) is 2.14. The molecule has 0 atom stereocenters. The van der Waals surface area contributed by atoms with Crippen LogP contribution in [-0.2, 0) is 16.0 Å². The average Bonchev–Trinajstić information content (AvgIpc) is 2.54. The number of nitrogens with one attached hydrogen (secondary N) is 1. The SMILES string of the molecule is CCOC(=O)c1ccccc1NC(=O)CCc1cccc(Cl)c1. The summed E-state index contributed by atoms with van der Waals surface area (Å²) in [5.74, 6) is -0.611. The minimum atomic E-state index is -0.446. The van der Waals surface area contributed by atoms with Crippen LogP contribution in [0.3, 0.4) is 0 Å². The first-order valence-corrected chi connectivity index (χ1v) is 7.78. The van der Waals surface area contributed by atoms with Crippen molar-refractivity contribution in [3.05, 3.63) is 64.7 Å². The molecule has 0 bridgehead atoms. The number of carbonyl (C=O) groups is 2. The molecule has 23 heavy (non-hydrogen) atoms. The van der Waals surface area contributed by atoms with Crippen LogP contribution >= 0.6 is 11.6 Å². The quantitative estimate of drug-likeness (QED) is 0.811. The molecule has 0 saturated heterocycles. The van der Waals surface area contributed by atoms with E-state index in [9.17, 15) is 9.59 Å². The molecule has 0 unspecified atom stereocenters. The standard InChI is InChI=1S/C18H18ClNO3/c1-2-23-18(22)15-8-3-4-9-16(15)20-17(21)11-10-13-6-5-7-14(19)12-13/h3-9,12H,2,10-11H2,1H3,(H,20,21). The van der Waals surface area contributed by atoms with E-state index in [4.69, 9.17) is 16.3 Å². The Morgan fingerprint density at radius 2 is 1.91 bits per heavy atom. The lowest BCUT2D eigenvalue weighted by molar-refractivity contribution is -0.116. The van der Waals surface area contributed by atoms with Gasteiger partial charge in [0.05, 0.1) is 17.9 Å². The van der Waals surface area contributed by atoms with Gasteiger partial charge in [0.15, 0.2) is 0 Å². The van der Waals surface area contributed by atoms with Crippen LogP contribution in [0, 0.1) is 0 Å². The molecule has 2 rings (SSSR count). The van der Waals surface area contributed by atoms with Crippen molar-refractivity contribution in [2.45, 2.75) is 19.8 Å². The Morgan fingerprint density at radius 3 is 2.65 bits per heavy atom. The Bertz CT molecular complexity index is 700. The molecule has 0 spiro atoms. The largest absolute Gasteiger partial charge is 0.462 e. The maximum Gasteiger partial charge on any atom is 0.340 e. The molecule has 2 aromatic carbocycles. The number of hydrogen-bond donors (Lipinski definition) is 1. The van der Waals surface area contributed by atoms with Crippen LogP contribution in [-0.4, -0.2) is 18.5 Å². The van der Waals surface area contributed by atoms with Gasteiger partial charge in [-0.15, -0.1) is 0 Å². The fourth-order valence-corrected chi connectivity index (χ4v) is 2.35. The molecular weight excluding hydrogens is 314 g/mol. The second-order valence-electron chi connectivity index (χ2n) is 4.94. The van der Waals surface area contributed by atoms with Gasteiger partial charge in [-0.05, 0) is 43.2 Å². The molecule has 0 aliphatic rings. The van der Waals surface area contributed by atoms with Crippen molar-refractivity contribution in [1.29, 1.82) is 0 Å². The van der Waals surface area contributed by atoms with E-state index < -0.39 is 5.97 Å². The molecule has 5 heteroatoms. The van der Waals surface area contributed by atoms with Crippen molar-refractivity contribution in [2.24, 2.45) is 0 Å². The summed E-state index contributed by atoms with van der Waals surface area (Å²) in [6, 6.07) is 14.2. The molecule has 0 aromatic heterocycles. The first-order chi connectivity index (χ1) is 11.1. The number of anilines is 1. The van der Waals surface area contributed by atoms with Gasteiger partial charge in [0.25, 0.3) is 0 Å². The summed E-state index contributed by atoms with van der Waals surface area (Å²) in [5, 5.41) is 3.41. The smallest absolute Gasteiger partial charge is 0.340 e. The molecule has 1 N–H and O–H groups in total. The average molecular weight is 332 g/mol. The van der Waals surface area contributed by atoms with Gasteiger partial charge in [0, 0.05) is 11.4 Å². The van der Waals surface area contributed by atoms with E-state index in [1.54, 1.807) is 37.3 Å². The third-order valence-corrected chi connectivity index (χ3v) is 3.46. The highest BCUT2D eigenvalue weighted by atomic mass is 35.5. The van der Waals surface area contributed by atoms with Crippen molar-refractivity contribution >= 4 is 29.2 Å². The first kappa shape index (κ1) is 17.0. The van der Waals surface area contributed by atoms with Gasteiger partial charge < -0.3 is 10.1 Å². The van der Waals surface area contributed by atoms with E-state index in [0.717, 1.165) is 5.56 Å². The van der Waals surface area contributed by atoms with Crippen LogP contribution in [0.5, 0.6) is 0 Å². The molecule has 0 heterocycles. The molecule has 0 radical (unpaired) electrons. The van der Waals surface area contributed by atoms with Crippen LogP contribution in [0.2, 0.25) is 5.02 Å². The van der Waals surface area contributed by atoms with Gasteiger partial charge >= 0.3 is 5.97 Å². The topological polar surface area (TPSA) is 55.4 Å². The van der Waals surface area contributed by atoms with Crippen LogP contribution in [0.4, 0.5) is 5.69 Å². The molecule has 2 aromatic rings. The van der Waals surface area contributed by atoms with Gasteiger partial charge in [-0.1, -0.05) is 35.9 Å². The molecule has 4 nitrogen and oxygen atoms in total. The third-order valence-electron chi connectivity index (χ3n) is 3.23. The maximum absolute atomic E-state index is 12.1. The third kappa shape index (κ3) is 5.11. The number of carbonyl (C=O) groups excluding carboxylic acids is 2. The number of para-hydroxylation sites is 1. The van der Waals surface area contributed by atoms with Crippen LogP contribution < -0.4 is 5.32 Å². The van der Waals surface area contributed by atoms with Crippen molar-refractivity contribution in [3.8, 4) is 0 Å². The number of esters is 1. The Hall–Kier alpha value is -2.33. The monoisotopic (exact) mass is 331 g/mol. The normalized spacial score (nSPS) is 10.2. The van der Waals surface area contributed by atoms with E-state index in [1.807, 2.05) is 18.2 Å². The molecular formula is C18H18ClNO3. The van der Waals surface area contributed by atoms with E-state index >= 15 is 0 Å². The van der Waals surface area contributed by atoms with Crippen LogP contribution in [0.1, 0.15) is 29.3 Å². The molecule has 120 valence electrons. The molecule has 0 saturated carbocycles. The van der Waals surface area contributed by atoms with E-state index in [0.29, 0.717) is 29.1 Å². The minimum Gasteiger partial charge on any atom is -0.462 e. The van der Waals surface area contributed by atoms with Crippen molar-refractivity contribution < 1.29 is 14.3 Å². The van der Waals surface area contributed by atoms with Crippen molar-refractivity contribution in [3.63, 3.8) is 0 Å². The summed E-state index contributed by atoms with van der Waals surface area (Å²) in [7, 11) is 0. The second kappa shape index (κ2) is 8.34. The summed E-state index contributed by atoms with van der Waals surface area (Å²) in [5.41, 5.74) is 1.80. The van der Waals surface area contributed by atoms with Gasteiger partial charge in [0.1, 0.15) is 0 Å². The number of benzene rings is 2. The van der Waals surface area contributed by atoms with Gasteiger partial charge in [0.2, 0.25) is 5.91 Å². The lowest BCUT2D eigenvalue weighted by Gasteiger charge is -2.10. The first-order valence-electron chi connectivity index (χ1n) is 7.40. The number of ether oxygens (including phenoxy) is 1. The molecule has 0 fully saturated rings. The molecule has 0 aliphatic heterocycles. The van der Waals surface area contributed by atoms with E-state index in [-0.39, 0.29) is 12.5 Å². The van der Waals surface area contributed by atoms with Gasteiger partial charge in [-0.3, -0.25) is 4.79 Å². The Morgan fingerprint density at radius 1 is 1.13 bits per heavy atom. The maximum atomic E-state index is 12.1.